The van der Waals surface area contributed by atoms with Crippen LogP contribution in [0.2, 0.25) is 0 Å². The maximum absolute atomic E-state index is 12.8. The third-order valence-electron chi connectivity index (χ3n) is 1.53. The van der Waals surface area contributed by atoms with Crippen molar-refractivity contribution in [3.63, 3.8) is 0 Å². The molecule has 0 heterocycles. The standard InChI is InChI=1S/C8H9BrFNO2S/c1-14(12,13)11-5-6-4-7(10)2-3-8(6)9/h2-4,11H,5H2,1H3. The molecule has 0 radical (unpaired) electrons. The average Bonchev–Trinajstić information content (AvgIpc) is 2.05. The molecule has 1 rings (SSSR count). The van der Waals surface area contributed by atoms with Gasteiger partial charge in [-0.15, -0.1) is 0 Å². The first kappa shape index (κ1) is 11.6. The van der Waals surface area contributed by atoms with E-state index >= 15 is 0 Å². The largest absolute Gasteiger partial charge is 0.213 e. The van der Waals surface area contributed by atoms with E-state index in [2.05, 4.69) is 20.7 Å². The first-order chi connectivity index (χ1) is 6.38. The second kappa shape index (κ2) is 4.37. The third-order valence-corrected chi connectivity index (χ3v) is 2.97. The first-order valence-electron chi connectivity index (χ1n) is 3.77. The zero-order valence-electron chi connectivity index (χ0n) is 7.42. The summed E-state index contributed by atoms with van der Waals surface area (Å²) in [6.07, 6.45) is 1.06. The van der Waals surface area contributed by atoms with Crippen LogP contribution < -0.4 is 4.72 Å². The number of nitrogens with one attached hydrogen (secondary N) is 1. The first-order valence-corrected chi connectivity index (χ1v) is 6.45. The van der Waals surface area contributed by atoms with Gasteiger partial charge in [0.1, 0.15) is 5.82 Å². The van der Waals surface area contributed by atoms with Gasteiger partial charge < -0.3 is 0 Å². The maximum atomic E-state index is 12.8. The SMILES string of the molecule is CS(=O)(=O)NCc1cc(F)ccc1Br. The third kappa shape index (κ3) is 3.73. The summed E-state index contributed by atoms with van der Waals surface area (Å²) in [7, 11) is -3.25. The molecule has 1 N–H and O–H groups in total. The minimum atomic E-state index is -3.25. The molecule has 1 aromatic carbocycles. The predicted octanol–water partition coefficient (Wildman–Crippen LogP) is 1.64. The van der Waals surface area contributed by atoms with Crippen molar-refractivity contribution in [3.05, 3.63) is 34.1 Å². The lowest BCUT2D eigenvalue weighted by atomic mass is 10.2. The van der Waals surface area contributed by atoms with Crippen LogP contribution in [0.1, 0.15) is 5.56 Å². The number of sulfonamides is 1. The summed E-state index contributed by atoms with van der Waals surface area (Å²) >= 11 is 3.20. The van der Waals surface area contributed by atoms with Crippen molar-refractivity contribution in [2.24, 2.45) is 0 Å². The van der Waals surface area contributed by atoms with Crippen molar-refractivity contribution in [1.29, 1.82) is 0 Å². The van der Waals surface area contributed by atoms with Crippen molar-refractivity contribution < 1.29 is 12.8 Å². The molecule has 0 saturated heterocycles. The molecule has 0 bridgehead atoms. The fraction of sp³-hybridized carbons (Fsp3) is 0.250. The van der Waals surface area contributed by atoms with Gasteiger partial charge in [0.2, 0.25) is 10.0 Å². The van der Waals surface area contributed by atoms with Gasteiger partial charge in [0.05, 0.1) is 6.26 Å². The minimum Gasteiger partial charge on any atom is -0.213 e. The highest BCUT2D eigenvalue weighted by Crippen LogP contribution is 2.17. The van der Waals surface area contributed by atoms with Gasteiger partial charge in [0, 0.05) is 11.0 Å². The van der Waals surface area contributed by atoms with Crippen LogP contribution in [-0.4, -0.2) is 14.7 Å². The van der Waals surface area contributed by atoms with Gasteiger partial charge in [-0.25, -0.2) is 17.5 Å². The Morgan fingerprint density at radius 2 is 2.14 bits per heavy atom. The highest BCUT2D eigenvalue weighted by molar-refractivity contribution is 9.10. The molecule has 0 fully saturated rings. The Bertz CT molecular complexity index is 433. The molecule has 0 aromatic heterocycles. The van der Waals surface area contributed by atoms with E-state index in [0.29, 0.717) is 10.0 Å². The van der Waals surface area contributed by atoms with Crippen LogP contribution in [0.25, 0.3) is 0 Å². The van der Waals surface area contributed by atoms with Crippen molar-refractivity contribution in [2.75, 3.05) is 6.26 Å². The fourth-order valence-corrected chi connectivity index (χ4v) is 1.69. The molecule has 0 spiro atoms. The van der Waals surface area contributed by atoms with Gasteiger partial charge in [-0.1, -0.05) is 15.9 Å². The van der Waals surface area contributed by atoms with Gasteiger partial charge in [-0.05, 0) is 23.8 Å². The lowest BCUT2D eigenvalue weighted by Crippen LogP contribution is -2.21. The topological polar surface area (TPSA) is 46.2 Å². The Morgan fingerprint density at radius 1 is 1.50 bits per heavy atom. The molecule has 0 saturated carbocycles. The Morgan fingerprint density at radius 3 is 2.71 bits per heavy atom. The van der Waals surface area contributed by atoms with Crippen LogP contribution in [-0.2, 0) is 16.6 Å². The van der Waals surface area contributed by atoms with Crippen molar-refractivity contribution in [1.82, 2.24) is 4.72 Å². The summed E-state index contributed by atoms with van der Waals surface area (Å²) in [5.41, 5.74) is 0.565. The van der Waals surface area contributed by atoms with Crippen LogP contribution >= 0.6 is 15.9 Å². The zero-order valence-corrected chi connectivity index (χ0v) is 9.82. The Kier molecular flexibility index (Phi) is 3.63. The Hall–Kier alpha value is -0.460. The summed E-state index contributed by atoms with van der Waals surface area (Å²) < 4.78 is 37.3. The van der Waals surface area contributed by atoms with Gasteiger partial charge >= 0.3 is 0 Å². The summed E-state index contributed by atoms with van der Waals surface area (Å²) in [4.78, 5) is 0. The molecule has 0 aliphatic carbocycles. The highest BCUT2D eigenvalue weighted by atomic mass is 79.9. The molecule has 0 amide bonds. The number of hydrogen-bond acceptors (Lipinski definition) is 2. The number of hydrogen-bond donors (Lipinski definition) is 1. The van der Waals surface area contributed by atoms with Gasteiger partial charge in [0.25, 0.3) is 0 Å². The van der Waals surface area contributed by atoms with Crippen molar-refractivity contribution >= 4 is 26.0 Å². The summed E-state index contributed by atoms with van der Waals surface area (Å²) in [6, 6.07) is 4.12. The van der Waals surface area contributed by atoms with E-state index in [9.17, 15) is 12.8 Å². The summed E-state index contributed by atoms with van der Waals surface area (Å²) in [5.74, 6) is -0.390. The normalized spacial score (nSPS) is 11.6. The highest BCUT2D eigenvalue weighted by Gasteiger charge is 2.05. The quantitative estimate of drug-likeness (QED) is 0.916. The van der Waals surface area contributed by atoms with Gasteiger partial charge in [-0.2, -0.15) is 0 Å². The summed E-state index contributed by atoms with van der Waals surface area (Å²) in [6.45, 7) is 0.0805. The second-order valence-electron chi connectivity index (χ2n) is 2.83. The Balaban J connectivity index is 2.81. The van der Waals surface area contributed by atoms with E-state index in [1.807, 2.05) is 0 Å². The van der Waals surface area contributed by atoms with E-state index in [1.165, 1.54) is 18.2 Å². The Labute approximate surface area is 90.5 Å². The molecule has 1 aromatic rings. The fourth-order valence-electron chi connectivity index (χ4n) is 0.888. The zero-order chi connectivity index (χ0) is 10.8. The molecule has 0 aliphatic heterocycles. The summed E-state index contributed by atoms with van der Waals surface area (Å²) in [5, 5.41) is 0. The van der Waals surface area contributed by atoms with Crippen LogP contribution in [0.5, 0.6) is 0 Å². The van der Waals surface area contributed by atoms with Crippen LogP contribution in [0.4, 0.5) is 4.39 Å². The van der Waals surface area contributed by atoms with Crippen molar-refractivity contribution in [2.45, 2.75) is 6.54 Å². The molecule has 0 atom stereocenters. The molecule has 78 valence electrons. The van der Waals surface area contributed by atoms with E-state index in [1.54, 1.807) is 0 Å². The van der Waals surface area contributed by atoms with Crippen LogP contribution in [0.15, 0.2) is 22.7 Å². The second-order valence-corrected chi connectivity index (χ2v) is 5.52. The lowest BCUT2D eigenvalue weighted by Gasteiger charge is -2.04. The maximum Gasteiger partial charge on any atom is 0.209 e. The van der Waals surface area contributed by atoms with E-state index in [-0.39, 0.29) is 6.54 Å². The number of rotatable bonds is 3. The molecule has 6 heteroatoms. The van der Waals surface area contributed by atoms with Gasteiger partial charge in [-0.3, -0.25) is 0 Å². The lowest BCUT2D eigenvalue weighted by molar-refractivity contribution is 0.586. The minimum absolute atomic E-state index is 0.0805. The van der Waals surface area contributed by atoms with Crippen LogP contribution in [0, 0.1) is 5.82 Å². The molecule has 0 aliphatic rings. The molecular weight excluding hydrogens is 273 g/mol. The molecule has 3 nitrogen and oxygen atoms in total. The van der Waals surface area contributed by atoms with Crippen LogP contribution in [0.3, 0.4) is 0 Å². The number of benzene rings is 1. The molecule has 0 unspecified atom stereocenters. The van der Waals surface area contributed by atoms with E-state index in [0.717, 1.165) is 6.26 Å². The molecule has 14 heavy (non-hydrogen) atoms. The van der Waals surface area contributed by atoms with E-state index < -0.39 is 15.8 Å². The van der Waals surface area contributed by atoms with Crippen molar-refractivity contribution in [3.8, 4) is 0 Å². The molecular formula is C8H9BrFNO2S. The average molecular weight is 282 g/mol. The van der Waals surface area contributed by atoms with E-state index in [4.69, 9.17) is 0 Å². The predicted molar refractivity (Wildman–Crippen MR) is 55.8 cm³/mol. The van der Waals surface area contributed by atoms with Gasteiger partial charge in [0.15, 0.2) is 0 Å². The smallest absolute Gasteiger partial charge is 0.209 e. The number of halogens is 2. The monoisotopic (exact) mass is 281 g/mol.